The number of aliphatic hydroxyl groups excluding tert-OH is 1. The van der Waals surface area contributed by atoms with Gasteiger partial charge < -0.3 is 33.5 Å². The van der Waals surface area contributed by atoms with Crippen molar-refractivity contribution < 1.29 is 33.5 Å². The van der Waals surface area contributed by atoms with E-state index in [1.54, 1.807) is 7.11 Å². The number of ether oxygens (including phenoxy) is 6. The van der Waals surface area contributed by atoms with Crippen LogP contribution in [0.2, 0.25) is 5.02 Å². The molecule has 5 atom stereocenters. The molecule has 1 N–H and O–H groups in total. The molecular formula is C36H55ClO7. The van der Waals surface area contributed by atoms with Gasteiger partial charge in [-0.25, -0.2) is 0 Å². The Bertz CT molecular complexity index is 1060. The Hall–Kier alpha value is -1.71. The summed E-state index contributed by atoms with van der Waals surface area (Å²) in [5, 5.41) is 11.2. The molecule has 0 amide bonds. The van der Waals surface area contributed by atoms with Crippen LogP contribution in [-0.4, -0.2) is 69.7 Å². The van der Waals surface area contributed by atoms with Crippen LogP contribution >= 0.6 is 11.6 Å². The third kappa shape index (κ3) is 9.89. The van der Waals surface area contributed by atoms with E-state index in [0.29, 0.717) is 37.9 Å². The van der Waals surface area contributed by atoms with Gasteiger partial charge in [0.1, 0.15) is 30.2 Å². The molecule has 1 aliphatic rings. The van der Waals surface area contributed by atoms with Crippen LogP contribution < -0.4 is 4.74 Å². The molecule has 2 aromatic carbocycles. The second kappa shape index (κ2) is 19.7. The van der Waals surface area contributed by atoms with Gasteiger partial charge in [-0.2, -0.15) is 0 Å². The fraction of sp³-hybridized carbons (Fsp3) is 0.667. The summed E-state index contributed by atoms with van der Waals surface area (Å²) in [6.45, 7) is 10.6. The normalized spacial score (nSPS) is 23.6. The molecule has 1 aliphatic heterocycles. The first-order chi connectivity index (χ1) is 21.5. The molecule has 0 bridgehead atoms. The van der Waals surface area contributed by atoms with Crippen molar-refractivity contribution >= 4 is 11.6 Å². The molecule has 0 radical (unpaired) electrons. The minimum atomic E-state index is -1.35. The highest BCUT2D eigenvalue weighted by molar-refractivity contribution is 6.31. The average Bonchev–Trinajstić information content (AvgIpc) is 3.04. The van der Waals surface area contributed by atoms with Crippen molar-refractivity contribution in [3.8, 4) is 5.75 Å². The standard InChI is InChI=1S/C36H55ClO7/c1-6-10-20-40-30-17-14-27(15-18-30)24-28-25-29(16-19-31(28)37)36(39-5)35(43-23-13-9-4)34(42-22-12-8-3)33(32(26-38)44-36)41-21-11-7-2/h14-19,25,32-35,38H,6-13,20-24,26H2,1-5H3/t32-,33-,34+,35-,36+/m1/s1. The minimum absolute atomic E-state index is 0.246. The first kappa shape index (κ1) is 36.8. The molecule has 0 aliphatic carbocycles. The highest BCUT2D eigenvalue weighted by Crippen LogP contribution is 2.44. The van der Waals surface area contributed by atoms with Gasteiger partial charge in [0.2, 0.25) is 5.79 Å². The van der Waals surface area contributed by atoms with Crippen LogP contribution in [-0.2, 0) is 35.9 Å². The Kier molecular flexibility index (Phi) is 16.5. The third-order valence-corrected chi connectivity index (χ3v) is 8.49. The Labute approximate surface area is 270 Å². The molecule has 0 spiro atoms. The number of halogens is 1. The molecular weight excluding hydrogens is 580 g/mol. The second-order valence-electron chi connectivity index (χ2n) is 11.6. The van der Waals surface area contributed by atoms with E-state index in [2.05, 4.69) is 39.8 Å². The number of rotatable bonds is 21. The molecule has 0 saturated carbocycles. The van der Waals surface area contributed by atoms with E-state index in [9.17, 15) is 5.11 Å². The van der Waals surface area contributed by atoms with Gasteiger partial charge in [-0.05, 0) is 67.5 Å². The first-order valence-corrected chi connectivity index (χ1v) is 17.0. The van der Waals surface area contributed by atoms with Gasteiger partial charge in [-0.3, -0.25) is 0 Å². The number of hydrogen-bond donors (Lipinski definition) is 1. The molecule has 0 aromatic heterocycles. The Morgan fingerprint density at radius 1 is 0.773 bits per heavy atom. The number of hydrogen-bond acceptors (Lipinski definition) is 7. The fourth-order valence-corrected chi connectivity index (χ4v) is 5.65. The number of unbranched alkanes of at least 4 members (excludes halogenated alkanes) is 4. The van der Waals surface area contributed by atoms with Gasteiger partial charge in [-0.1, -0.05) is 83.2 Å². The van der Waals surface area contributed by atoms with E-state index in [4.69, 9.17) is 40.0 Å². The number of methoxy groups -OCH3 is 1. The lowest BCUT2D eigenvalue weighted by Gasteiger charge is -2.52. The molecule has 8 heteroatoms. The highest BCUT2D eigenvalue weighted by atomic mass is 35.5. The monoisotopic (exact) mass is 634 g/mol. The predicted molar refractivity (Wildman–Crippen MR) is 176 cm³/mol. The molecule has 1 fully saturated rings. The van der Waals surface area contributed by atoms with Crippen LogP contribution in [0.3, 0.4) is 0 Å². The van der Waals surface area contributed by atoms with Crippen molar-refractivity contribution in [1.29, 1.82) is 0 Å². The van der Waals surface area contributed by atoms with Crippen LogP contribution in [0.1, 0.15) is 95.8 Å². The maximum absolute atomic E-state index is 10.6. The molecule has 7 nitrogen and oxygen atoms in total. The van der Waals surface area contributed by atoms with Crippen LogP contribution in [0, 0.1) is 0 Å². The maximum atomic E-state index is 10.6. The summed E-state index contributed by atoms with van der Waals surface area (Å²) in [5.41, 5.74) is 2.80. The van der Waals surface area contributed by atoms with E-state index in [0.717, 1.165) is 73.8 Å². The molecule has 0 unspecified atom stereocenters. The third-order valence-electron chi connectivity index (χ3n) is 8.12. The van der Waals surface area contributed by atoms with E-state index in [-0.39, 0.29) is 6.61 Å². The summed E-state index contributed by atoms with van der Waals surface area (Å²) in [4.78, 5) is 0. The van der Waals surface area contributed by atoms with Gasteiger partial charge in [0.05, 0.1) is 13.2 Å². The van der Waals surface area contributed by atoms with Gasteiger partial charge in [0, 0.05) is 37.5 Å². The van der Waals surface area contributed by atoms with Crippen LogP contribution in [0.5, 0.6) is 5.75 Å². The summed E-state index contributed by atoms with van der Waals surface area (Å²) >= 11 is 6.77. The molecule has 2 aromatic rings. The van der Waals surface area contributed by atoms with Crippen LogP contribution in [0.15, 0.2) is 42.5 Å². The van der Waals surface area contributed by atoms with E-state index >= 15 is 0 Å². The van der Waals surface area contributed by atoms with Gasteiger partial charge in [0.25, 0.3) is 0 Å². The van der Waals surface area contributed by atoms with Crippen molar-refractivity contribution in [2.24, 2.45) is 0 Å². The maximum Gasteiger partial charge on any atom is 0.225 e. The molecule has 3 rings (SSSR count). The summed E-state index contributed by atoms with van der Waals surface area (Å²) in [6.07, 6.45) is 6.07. The Balaban J connectivity index is 2.00. The topological polar surface area (TPSA) is 75.6 Å². The Morgan fingerprint density at radius 2 is 1.36 bits per heavy atom. The zero-order valence-corrected chi connectivity index (χ0v) is 28.3. The molecule has 44 heavy (non-hydrogen) atoms. The number of benzene rings is 2. The lowest BCUT2D eigenvalue weighted by Crippen LogP contribution is -2.66. The van der Waals surface area contributed by atoms with Crippen molar-refractivity contribution in [3.63, 3.8) is 0 Å². The zero-order valence-electron chi connectivity index (χ0n) is 27.5. The summed E-state index contributed by atoms with van der Waals surface area (Å²) in [7, 11) is 1.62. The van der Waals surface area contributed by atoms with Crippen molar-refractivity contribution in [1.82, 2.24) is 0 Å². The lowest BCUT2D eigenvalue weighted by molar-refractivity contribution is -0.381. The number of aliphatic hydroxyl groups is 1. The lowest BCUT2D eigenvalue weighted by atomic mass is 9.86. The van der Waals surface area contributed by atoms with Gasteiger partial charge in [0.15, 0.2) is 0 Å². The largest absolute Gasteiger partial charge is 0.494 e. The van der Waals surface area contributed by atoms with Gasteiger partial charge in [-0.15, -0.1) is 0 Å². The summed E-state index contributed by atoms with van der Waals surface area (Å²) in [6, 6.07) is 14.0. The summed E-state index contributed by atoms with van der Waals surface area (Å²) < 4.78 is 38.4. The van der Waals surface area contributed by atoms with Gasteiger partial charge >= 0.3 is 0 Å². The average molecular weight is 635 g/mol. The van der Waals surface area contributed by atoms with Crippen LogP contribution in [0.4, 0.5) is 0 Å². The molecule has 248 valence electrons. The fourth-order valence-electron chi connectivity index (χ4n) is 5.47. The zero-order chi connectivity index (χ0) is 31.8. The predicted octanol–water partition coefficient (Wildman–Crippen LogP) is 7.86. The Morgan fingerprint density at radius 3 is 1.95 bits per heavy atom. The van der Waals surface area contributed by atoms with Crippen LogP contribution in [0.25, 0.3) is 0 Å². The smallest absolute Gasteiger partial charge is 0.225 e. The minimum Gasteiger partial charge on any atom is -0.494 e. The van der Waals surface area contributed by atoms with E-state index in [1.807, 2.05) is 30.3 Å². The van der Waals surface area contributed by atoms with Crippen molar-refractivity contribution in [2.45, 2.75) is 116 Å². The van der Waals surface area contributed by atoms with E-state index in [1.165, 1.54) is 0 Å². The van der Waals surface area contributed by atoms with E-state index < -0.39 is 30.2 Å². The SMILES string of the molecule is CCCCOc1ccc(Cc2cc([C@]3(OC)O[C@H](CO)[C@@H](OCCCC)[C@H](OCCCC)[C@H]3OCCCC)ccc2Cl)cc1. The summed E-state index contributed by atoms with van der Waals surface area (Å²) in [5.74, 6) is -0.484. The first-order valence-electron chi connectivity index (χ1n) is 16.7. The molecule has 1 heterocycles. The quantitative estimate of drug-likeness (QED) is 0.140. The second-order valence-corrected chi connectivity index (χ2v) is 12.0. The highest BCUT2D eigenvalue weighted by Gasteiger charge is 2.58. The van der Waals surface area contributed by atoms with Crippen molar-refractivity contribution in [2.75, 3.05) is 40.1 Å². The molecule has 1 saturated heterocycles. The van der Waals surface area contributed by atoms with Crippen molar-refractivity contribution in [3.05, 3.63) is 64.2 Å².